The minimum Gasteiger partial charge on any atom is -0.350 e. The largest absolute Gasteiger partial charge is 0.350 e. The van der Waals surface area contributed by atoms with Gasteiger partial charge in [0.15, 0.2) is 0 Å². The summed E-state index contributed by atoms with van der Waals surface area (Å²) in [6.45, 7) is 4.23. The van der Waals surface area contributed by atoms with Gasteiger partial charge in [0.2, 0.25) is 0 Å². The Morgan fingerprint density at radius 3 is 2.50 bits per heavy atom. The van der Waals surface area contributed by atoms with Crippen LogP contribution in [-0.2, 0) is 16.1 Å². The molecule has 0 saturated carbocycles. The molecule has 0 spiro atoms. The average Bonchev–Trinajstić information content (AvgIpc) is 3.29. The molecule has 1 aliphatic rings. The van der Waals surface area contributed by atoms with Gasteiger partial charge in [0.05, 0.1) is 12.1 Å². The highest BCUT2D eigenvalue weighted by molar-refractivity contribution is 7.11. The summed E-state index contributed by atoms with van der Waals surface area (Å²) in [4.78, 5) is 32.4. The molecule has 0 aliphatic carbocycles. The third kappa shape index (κ3) is 3.23. The number of nitrogens with zero attached hydrogens (tertiary/aromatic N) is 2. The molecule has 0 radical (unpaired) electrons. The maximum atomic E-state index is 13.2. The van der Waals surface area contributed by atoms with Gasteiger partial charge >= 0.3 is 0 Å². The zero-order valence-corrected chi connectivity index (χ0v) is 16.4. The molecule has 0 fully saturated rings. The lowest BCUT2D eigenvalue weighted by Gasteiger charge is -2.16. The second-order valence-corrected chi connectivity index (χ2v) is 7.60. The van der Waals surface area contributed by atoms with Crippen LogP contribution < -0.4 is 5.32 Å². The van der Waals surface area contributed by atoms with E-state index >= 15 is 0 Å². The van der Waals surface area contributed by atoms with Crippen molar-refractivity contribution in [2.24, 2.45) is 0 Å². The van der Waals surface area contributed by atoms with Crippen molar-refractivity contribution in [2.75, 3.05) is 5.32 Å². The minimum absolute atomic E-state index is 0.215. The van der Waals surface area contributed by atoms with Crippen LogP contribution in [0.15, 0.2) is 65.9 Å². The van der Waals surface area contributed by atoms with Gasteiger partial charge in [-0.3, -0.25) is 19.5 Å². The van der Waals surface area contributed by atoms with Crippen molar-refractivity contribution in [1.29, 1.82) is 0 Å². The Hall–Kier alpha value is -3.25. The lowest BCUT2D eigenvalue weighted by Crippen LogP contribution is -2.32. The minimum atomic E-state index is -0.314. The molecular weight excluding hydrogens is 370 g/mol. The lowest BCUT2D eigenvalue weighted by molar-refractivity contribution is -0.137. The zero-order chi connectivity index (χ0) is 19.7. The summed E-state index contributed by atoms with van der Waals surface area (Å²) in [7, 11) is 0. The Labute approximate surface area is 167 Å². The normalized spacial score (nSPS) is 14.1. The van der Waals surface area contributed by atoms with Crippen molar-refractivity contribution < 1.29 is 9.59 Å². The fourth-order valence-electron chi connectivity index (χ4n) is 3.18. The van der Waals surface area contributed by atoms with Crippen molar-refractivity contribution in [1.82, 2.24) is 9.88 Å². The maximum absolute atomic E-state index is 13.2. The van der Waals surface area contributed by atoms with E-state index in [2.05, 4.69) is 10.3 Å². The van der Waals surface area contributed by atoms with E-state index in [1.807, 2.05) is 61.7 Å². The fraction of sp³-hybridized carbons (Fsp3) is 0.136. The number of benzene rings is 1. The first-order valence-corrected chi connectivity index (χ1v) is 9.80. The van der Waals surface area contributed by atoms with Crippen molar-refractivity contribution in [2.45, 2.75) is 20.4 Å². The van der Waals surface area contributed by atoms with E-state index in [1.165, 1.54) is 16.2 Å². The van der Waals surface area contributed by atoms with E-state index in [4.69, 9.17) is 0 Å². The number of pyridine rings is 1. The Balaban J connectivity index is 1.74. The number of hydrogen-bond donors (Lipinski definition) is 1. The first kappa shape index (κ1) is 18.1. The number of anilines is 1. The molecule has 2 aromatic heterocycles. The number of aromatic nitrogens is 1. The Morgan fingerprint density at radius 2 is 1.79 bits per heavy atom. The van der Waals surface area contributed by atoms with E-state index < -0.39 is 0 Å². The second-order valence-electron chi connectivity index (χ2n) is 6.65. The van der Waals surface area contributed by atoms with Crippen LogP contribution in [0.25, 0.3) is 5.57 Å². The number of imide groups is 1. The van der Waals surface area contributed by atoms with Gasteiger partial charge in [0, 0.05) is 23.0 Å². The molecule has 28 heavy (non-hydrogen) atoms. The predicted octanol–water partition coefficient (Wildman–Crippen LogP) is 4.15. The van der Waals surface area contributed by atoms with E-state index in [9.17, 15) is 9.59 Å². The van der Waals surface area contributed by atoms with Crippen LogP contribution >= 0.6 is 11.3 Å². The topological polar surface area (TPSA) is 62.3 Å². The second kappa shape index (κ2) is 7.40. The number of rotatable bonds is 5. The molecule has 1 aliphatic heterocycles. The molecule has 5 nitrogen and oxygen atoms in total. The van der Waals surface area contributed by atoms with Gasteiger partial charge in [-0.05, 0) is 60.2 Å². The maximum Gasteiger partial charge on any atom is 0.278 e. The first-order valence-electron chi connectivity index (χ1n) is 8.92. The number of hydrogen-bond acceptors (Lipinski definition) is 5. The molecule has 0 bridgehead atoms. The Kier molecular flexibility index (Phi) is 4.79. The summed E-state index contributed by atoms with van der Waals surface area (Å²) in [5, 5.41) is 5.15. The summed E-state index contributed by atoms with van der Waals surface area (Å²) in [5.74, 6) is -0.594. The van der Waals surface area contributed by atoms with Gasteiger partial charge in [0.25, 0.3) is 11.8 Å². The summed E-state index contributed by atoms with van der Waals surface area (Å²) < 4.78 is 0. The van der Waals surface area contributed by atoms with E-state index in [1.54, 1.807) is 12.4 Å². The van der Waals surface area contributed by atoms with Gasteiger partial charge in [-0.15, -0.1) is 11.3 Å². The van der Waals surface area contributed by atoms with Crippen molar-refractivity contribution >= 4 is 34.4 Å². The first-order chi connectivity index (χ1) is 13.6. The number of thiophene rings is 1. The highest BCUT2D eigenvalue weighted by Gasteiger charge is 2.39. The average molecular weight is 389 g/mol. The Morgan fingerprint density at radius 1 is 1.00 bits per heavy atom. The van der Waals surface area contributed by atoms with Crippen molar-refractivity contribution in [3.8, 4) is 0 Å². The van der Waals surface area contributed by atoms with Crippen molar-refractivity contribution in [3.63, 3.8) is 0 Å². The third-order valence-electron chi connectivity index (χ3n) is 4.89. The van der Waals surface area contributed by atoms with Crippen LogP contribution in [-0.4, -0.2) is 21.7 Å². The SMILES string of the molecule is Cc1cccc(NC2=C(c3cccs3)C(=O)N(Cc3ccncc3)C2=O)c1C. The standard InChI is InChI=1S/C22H19N3O2S/c1-14-5-3-6-17(15(14)2)24-20-19(18-7-4-12-28-18)21(26)25(22(20)27)13-16-8-10-23-11-9-16/h3-12,24H,13H2,1-2H3. The van der Waals surface area contributed by atoms with Crippen LogP contribution in [0.2, 0.25) is 0 Å². The monoisotopic (exact) mass is 389 g/mol. The smallest absolute Gasteiger partial charge is 0.278 e. The fourth-order valence-corrected chi connectivity index (χ4v) is 3.95. The molecule has 2 amide bonds. The van der Waals surface area contributed by atoms with Crippen LogP contribution in [0.4, 0.5) is 5.69 Å². The molecule has 3 aromatic rings. The summed E-state index contributed by atoms with van der Waals surface area (Å²) in [6, 6.07) is 13.2. The zero-order valence-electron chi connectivity index (χ0n) is 15.6. The molecular formula is C22H19N3O2S. The van der Waals surface area contributed by atoms with Gasteiger partial charge in [-0.1, -0.05) is 18.2 Å². The van der Waals surface area contributed by atoms with Gasteiger partial charge in [0.1, 0.15) is 5.70 Å². The number of nitrogens with one attached hydrogen (secondary N) is 1. The molecule has 0 atom stereocenters. The molecule has 0 saturated heterocycles. The highest BCUT2D eigenvalue weighted by Crippen LogP contribution is 2.34. The molecule has 0 unspecified atom stereocenters. The van der Waals surface area contributed by atoms with Gasteiger partial charge < -0.3 is 5.32 Å². The van der Waals surface area contributed by atoms with E-state index in [0.717, 1.165) is 27.3 Å². The summed E-state index contributed by atoms with van der Waals surface area (Å²) >= 11 is 1.45. The predicted molar refractivity (Wildman–Crippen MR) is 111 cm³/mol. The number of amides is 2. The van der Waals surface area contributed by atoms with Crippen LogP contribution in [0, 0.1) is 13.8 Å². The van der Waals surface area contributed by atoms with Crippen LogP contribution in [0.5, 0.6) is 0 Å². The quantitative estimate of drug-likeness (QED) is 0.666. The molecule has 1 aromatic carbocycles. The molecule has 1 N–H and O–H groups in total. The number of aryl methyl sites for hydroxylation is 1. The molecule has 4 rings (SSSR count). The Bertz CT molecular complexity index is 1070. The summed E-state index contributed by atoms with van der Waals surface area (Å²) in [6.07, 6.45) is 3.31. The van der Waals surface area contributed by atoms with Crippen LogP contribution in [0.1, 0.15) is 21.6 Å². The summed E-state index contributed by atoms with van der Waals surface area (Å²) in [5.41, 5.74) is 4.61. The van der Waals surface area contributed by atoms with E-state index in [-0.39, 0.29) is 18.4 Å². The number of carbonyl (C=O) groups is 2. The van der Waals surface area contributed by atoms with E-state index in [0.29, 0.717) is 11.3 Å². The number of carbonyl (C=O) groups excluding carboxylic acids is 2. The molecule has 6 heteroatoms. The molecule has 3 heterocycles. The van der Waals surface area contributed by atoms with Gasteiger partial charge in [-0.25, -0.2) is 0 Å². The van der Waals surface area contributed by atoms with Crippen molar-refractivity contribution in [3.05, 3.63) is 87.5 Å². The van der Waals surface area contributed by atoms with Gasteiger partial charge in [-0.2, -0.15) is 0 Å². The highest BCUT2D eigenvalue weighted by atomic mass is 32.1. The third-order valence-corrected chi connectivity index (χ3v) is 5.78. The lowest BCUT2D eigenvalue weighted by atomic mass is 10.1. The molecule has 140 valence electrons. The van der Waals surface area contributed by atoms with Crippen LogP contribution in [0.3, 0.4) is 0 Å².